The summed E-state index contributed by atoms with van der Waals surface area (Å²) in [4.78, 5) is 13.6. The Morgan fingerprint density at radius 2 is 2.00 bits per heavy atom. The van der Waals surface area contributed by atoms with Crippen molar-refractivity contribution < 1.29 is 23.1 Å². The summed E-state index contributed by atoms with van der Waals surface area (Å²) in [5.41, 5.74) is -1.14. The van der Waals surface area contributed by atoms with E-state index in [1.807, 2.05) is 0 Å². The zero-order valence-electron chi connectivity index (χ0n) is 11.7. The minimum atomic E-state index is -4.39. The van der Waals surface area contributed by atoms with E-state index >= 15 is 0 Å². The van der Waals surface area contributed by atoms with Gasteiger partial charge in [0.25, 0.3) is 5.91 Å². The Kier molecular flexibility index (Phi) is 4.86. The van der Waals surface area contributed by atoms with Crippen LogP contribution in [0.15, 0.2) is 18.3 Å². The Bertz CT molecular complexity index is 461. The van der Waals surface area contributed by atoms with Crippen molar-refractivity contribution in [2.75, 3.05) is 13.1 Å². The Labute approximate surface area is 115 Å². The zero-order chi connectivity index (χ0) is 15.6. The van der Waals surface area contributed by atoms with E-state index in [4.69, 9.17) is 0 Å². The van der Waals surface area contributed by atoms with Crippen LogP contribution in [0.1, 0.15) is 31.3 Å². The number of carbonyl (C=O) groups excluding carboxylic acids is 1. The van der Waals surface area contributed by atoms with Crippen molar-refractivity contribution in [1.82, 2.24) is 9.47 Å². The molecule has 0 aliphatic rings. The number of carbonyl (C=O) groups is 1. The van der Waals surface area contributed by atoms with Crippen molar-refractivity contribution in [3.63, 3.8) is 0 Å². The Balaban J connectivity index is 2.94. The normalized spacial score (nSPS) is 12.6. The third-order valence-corrected chi connectivity index (χ3v) is 2.65. The molecule has 1 aromatic rings. The van der Waals surface area contributed by atoms with Crippen molar-refractivity contribution in [3.05, 3.63) is 24.0 Å². The first-order valence-electron chi connectivity index (χ1n) is 6.27. The molecule has 0 saturated heterocycles. The lowest BCUT2D eigenvalue weighted by atomic mass is 10.1. The van der Waals surface area contributed by atoms with E-state index in [-0.39, 0.29) is 12.2 Å². The van der Waals surface area contributed by atoms with Crippen LogP contribution in [0, 0.1) is 0 Å². The Morgan fingerprint density at radius 3 is 2.45 bits per heavy atom. The number of halogens is 3. The summed E-state index contributed by atoms with van der Waals surface area (Å²) in [6, 6.07) is 2.75. The SMILES string of the molecule is CCN(CC(C)(C)O)C(=O)c1cccn1CC(F)(F)F. The smallest absolute Gasteiger partial charge is 0.389 e. The fourth-order valence-corrected chi connectivity index (χ4v) is 1.90. The summed E-state index contributed by atoms with van der Waals surface area (Å²) in [6.45, 7) is 3.94. The number of aromatic nitrogens is 1. The molecule has 0 aromatic carbocycles. The van der Waals surface area contributed by atoms with Gasteiger partial charge in [-0.1, -0.05) is 0 Å². The first-order chi connectivity index (χ1) is 9.03. The van der Waals surface area contributed by atoms with Gasteiger partial charge in [-0.15, -0.1) is 0 Å². The van der Waals surface area contributed by atoms with E-state index in [0.29, 0.717) is 6.54 Å². The lowest BCUT2D eigenvalue weighted by Crippen LogP contribution is -2.42. The molecule has 20 heavy (non-hydrogen) atoms. The van der Waals surface area contributed by atoms with Gasteiger partial charge in [-0.25, -0.2) is 0 Å². The molecular weight excluding hydrogens is 273 g/mol. The number of nitrogens with zero attached hydrogens (tertiary/aromatic N) is 2. The zero-order valence-corrected chi connectivity index (χ0v) is 11.7. The largest absolute Gasteiger partial charge is 0.406 e. The van der Waals surface area contributed by atoms with Gasteiger partial charge in [0.1, 0.15) is 12.2 Å². The molecule has 1 N–H and O–H groups in total. The van der Waals surface area contributed by atoms with E-state index in [2.05, 4.69) is 0 Å². The average molecular weight is 292 g/mol. The number of hydrogen-bond acceptors (Lipinski definition) is 2. The molecule has 114 valence electrons. The minimum Gasteiger partial charge on any atom is -0.389 e. The van der Waals surface area contributed by atoms with Gasteiger partial charge >= 0.3 is 6.18 Å². The lowest BCUT2D eigenvalue weighted by molar-refractivity contribution is -0.140. The highest BCUT2D eigenvalue weighted by Crippen LogP contribution is 2.20. The summed E-state index contributed by atoms with van der Waals surface area (Å²) in [5, 5.41) is 9.74. The highest BCUT2D eigenvalue weighted by Gasteiger charge is 2.31. The molecular formula is C13H19F3N2O2. The first-order valence-corrected chi connectivity index (χ1v) is 6.27. The number of amides is 1. The molecule has 0 fully saturated rings. The van der Waals surface area contributed by atoms with Crippen LogP contribution in [-0.2, 0) is 6.54 Å². The van der Waals surface area contributed by atoms with Crippen molar-refractivity contribution in [2.45, 2.75) is 39.1 Å². The van der Waals surface area contributed by atoms with Crippen LogP contribution in [0.4, 0.5) is 13.2 Å². The van der Waals surface area contributed by atoms with Crippen LogP contribution < -0.4 is 0 Å². The van der Waals surface area contributed by atoms with Gasteiger partial charge in [0.15, 0.2) is 0 Å². The minimum absolute atomic E-state index is 0.0339. The van der Waals surface area contributed by atoms with Gasteiger partial charge in [0.2, 0.25) is 0 Å². The van der Waals surface area contributed by atoms with Crippen LogP contribution in [0.3, 0.4) is 0 Å². The van der Waals surface area contributed by atoms with Gasteiger partial charge in [-0.3, -0.25) is 4.79 Å². The van der Waals surface area contributed by atoms with Gasteiger partial charge in [-0.05, 0) is 32.9 Å². The van der Waals surface area contributed by atoms with Crippen molar-refractivity contribution >= 4 is 5.91 Å². The highest BCUT2D eigenvalue weighted by molar-refractivity contribution is 5.92. The van der Waals surface area contributed by atoms with Crippen LogP contribution in [-0.4, -0.2) is 45.3 Å². The van der Waals surface area contributed by atoms with Crippen LogP contribution >= 0.6 is 0 Å². The molecule has 1 amide bonds. The molecule has 4 nitrogen and oxygen atoms in total. The monoisotopic (exact) mass is 292 g/mol. The summed E-state index contributed by atoms with van der Waals surface area (Å²) >= 11 is 0. The first kappa shape index (κ1) is 16.6. The quantitative estimate of drug-likeness (QED) is 0.905. The van der Waals surface area contributed by atoms with Gasteiger partial charge in [0, 0.05) is 19.3 Å². The lowest BCUT2D eigenvalue weighted by Gasteiger charge is -2.28. The van der Waals surface area contributed by atoms with E-state index in [1.165, 1.54) is 37.1 Å². The van der Waals surface area contributed by atoms with Gasteiger partial charge in [0.05, 0.1) is 5.60 Å². The molecule has 0 aliphatic heterocycles. The van der Waals surface area contributed by atoms with Gasteiger partial charge in [-0.2, -0.15) is 13.2 Å². The molecule has 1 rings (SSSR count). The van der Waals surface area contributed by atoms with Crippen LogP contribution in [0.25, 0.3) is 0 Å². The molecule has 0 bridgehead atoms. The fourth-order valence-electron chi connectivity index (χ4n) is 1.90. The summed E-state index contributed by atoms with van der Waals surface area (Å²) in [7, 11) is 0. The maximum absolute atomic E-state index is 12.4. The van der Waals surface area contributed by atoms with Crippen molar-refractivity contribution in [1.29, 1.82) is 0 Å². The Hall–Kier alpha value is -1.50. The third kappa shape index (κ3) is 4.88. The topological polar surface area (TPSA) is 45.5 Å². The second kappa shape index (κ2) is 5.87. The second-order valence-corrected chi connectivity index (χ2v) is 5.27. The standard InChI is InChI=1S/C13H19F3N2O2/c1-4-17(8-12(2,3)20)11(19)10-6-5-7-18(10)9-13(14,15)16/h5-7,20H,4,8-9H2,1-3H3. The number of hydrogen-bond donors (Lipinski definition) is 1. The predicted octanol–water partition coefficient (Wildman–Crippen LogP) is 2.28. The molecule has 0 radical (unpaired) electrons. The van der Waals surface area contributed by atoms with Gasteiger partial charge < -0.3 is 14.6 Å². The highest BCUT2D eigenvalue weighted by atomic mass is 19.4. The molecule has 0 spiro atoms. The maximum atomic E-state index is 12.4. The number of likely N-dealkylation sites (N-methyl/N-ethyl adjacent to an activating group) is 1. The molecule has 0 aliphatic carbocycles. The predicted molar refractivity (Wildman–Crippen MR) is 68.4 cm³/mol. The Morgan fingerprint density at radius 1 is 1.40 bits per heavy atom. The maximum Gasteiger partial charge on any atom is 0.406 e. The summed E-state index contributed by atoms with van der Waals surface area (Å²) in [5.74, 6) is -0.524. The van der Waals surface area contributed by atoms with E-state index in [0.717, 1.165) is 4.57 Å². The molecule has 1 aromatic heterocycles. The van der Waals surface area contributed by atoms with E-state index in [1.54, 1.807) is 6.92 Å². The molecule has 0 saturated carbocycles. The summed E-state index contributed by atoms with van der Waals surface area (Å²) in [6.07, 6.45) is -3.17. The average Bonchev–Trinajstić information content (AvgIpc) is 2.69. The summed E-state index contributed by atoms with van der Waals surface area (Å²) < 4.78 is 38.2. The van der Waals surface area contributed by atoms with Crippen molar-refractivity contribution in [3.8, 4) is 0 Å². The van der Waals surface area contributed by atoms with E-state index in [9.17, 15) is 23.1 Å². The van der Waals surface area contributed by atoms with E-state index < -0.39 is 24.2 Å². The molecule has 1 heterocycles. The number of rotatable bonds is 5. The third-order valence-electron chi connectivity index (χ3n) is 2.65. The number of alkyl halides is 3. The molecule has 0 atom stereocenters. The molecule has 7 heteroatoms. The van der Waals surface area contributed by atoms with Crippen LogP contribution in [0.5, 0.6) is 0 Å². The molecule has 0 unspecified atom stereocenters. The number of aliphatic hydroxyl groups is 1. The second-order valence-electron chi connectivity index (χ2n) is 5.27. The fraction of sp³-hybridized carbons (Fsp3) is 0.615. The van der Waals surface area contributed by atoms with Crippen molar-refractivity contribution in [2.24, 2.45) is 0 Å². The van der Waals surface area contributed by atoms with Crippen LogP contribution in [0.2, 0.25) is 0 Å².